The number of fused-ring (bicyclic) bond motifs is 1. The Labute approximate surface area is 95.5 Å². The fourth-order valence-electron chi connectivity index (χ4n) is 1.21. The summed E-state index contributed by atoms with van der Waals surface area (Å²) < 4.78 is 0. The number of rotatable bonds is 1. The monoisotopic (exact) mass is 216 g/mol. The number of phenols is 1. The first-order valence-electron chi connectivity index (χ1n) is 5.31. The van der Waals surface area contributed by atoms with Gasteiger partial charge in [-0.1, -0.05) is 43.3 Å². The van der Waals surface area contributed by atoms with Crippen LogP contribution in [-0.2, 0) is 4.79 Å². The van der Waals surface area contributed by atoms with Crippen LogP contribution in [0, 0.1) is 0 Å². The predicted octanol–water partition coefficient (Wildman–Crippen LogP) is 3.53. The Hall–Kier alpha value is -1.83. The molecule has 0 spiro atoms. The highest BCUT2D eigenvalue weighted by molar-refractivity contribution is 5.87. The van der Waals surface area contributed by atoms with E-state index in [1.165, 1.54) is 0 Å². The lowest BCUT2D eigenvalue weighted by molar-refractivity contribution is -0.116. The van der Waals surface area contributed by atoms with Crippen LogP contribution in [0.3, 0.4) is 0 Å². The second-order valence-electron chi connectivity index (χ2n) is 3.55. The highest BCUT2D eigenvalue weighted by Crippen LogP contribution is 2.22. The quantitative estimate of drug-likeness (QED) is 0.791. The Bertz CT molecular complexity index is 470. The number of carbonyl (C=O) groups is 1. The van der Waals surface area contributed by atoms with Crippen molar-refractivity contribution in [1.29, 1.82) is 0 Å². The maximum absolute atomic E-state index is 9.81. The molecule has 2 nitrogen and oxygen atoms in total. The zero-order chi connectivity index (χ0) is 12.0. The van der Waals surface area contributed by atoms with Crippen LogP contribution in [-0.4, -0.2) is 10.9 Å². The molecule has 0 atom stereocenters. The first kappa shape index (κ1) is 12.2. The number of carbonyl (C=O) groups excluding carboxylic acids is 1. The highest BCUT2D eigenvalue weighted by Gasteiger charge is 1.94. The summed E-state index contributed by atoms with van der Waals surface area (Å²) in [6.45, 7) is 3.43. The van der Waals surface area contributed by atoms with Gasteiger partial charge < -0.3 is 9.90 Å². The first-order valence-corrected chi connectivity index (χ1v) is 5.31. The van der Waals surface area contributed by atoms with Crippen LogP contribution in [0.2, 0.25) is 0 Å². The molecule has 2 aromatic rings. The number of benzene rings is 2. The van der Waals surface area contributed by atoms with Crippen LogP contribution >= 0.6 is 0 Å². The van der Waals surface area contributed by atoms with Gasteiger partial charge in [0.2, 0.25) is 0 Å². The van der Waals surface area contributed by atoms with Crippen molar-refractivity contribution >= 4 is 16.6 Å². The molecule has 0 heterocycles. The van der Waals surface area contributed by atoms with Gasteiger partial charge in [-0.2, -0.15) is 0 Å². The van der Waals surface area contributed by atoms with Gasteiger partial charge in [0, 0.05) is 11.8 Å². The Morgan fingerprint density at radius 2 is 1.69 bits per heavy atom. The summed E-state index contributed by atoms with van der Waals surface area (Å²) in [5, 5.41) is 11.4. The van der Waals surface area contributed by atoms with Gasteiger partial charge >= 0.3 is 0 Å². The maximum Gasteiger partial charge on any atom is 0.129 e. The molecule has 0 bridgehead atoms. The number of Topliss-reactive ketones (excluding diaryl/α,β-unsaturated/α-hetero) is 1. The van der Waals surface area contributed by atoms with E-state index in [1.807, 2.05) is 43.3 Å². The standard InChI is InChI=1S/C10H8O.C4H8O/c11-10-7-3-5-8-4-1-2-6-9(8)10;1-3-4(2)5/h1-7,11H;3H2,1-2H3. The molecule has 0 aliphatic rings. The third-order valence-electron chi connectivity index (χ3n) is 2.26. The second-order valence-corrected chi connectivity index (χ2v) is 3.55. The molecule has 0 amide bonds. The number of phenolic OH excluding ortho intramolecular Hbond substituents is 1. The molecule has 1 N–H and O–H groups in total. The third-order valence-corrected chi connectivity index (χ3v) is 2.26. The molecular formula is C14H16O2. The van der Waals surface area contributed by atoms with Gasteiger partial charge in [-0.25, -0.2) is 0 Å². The van der Waals surface area contributed by atoms with Crippen molar-refractivity contribution < 1.29 is 9.90 Å². The average Bonchev–Trinajstić information content (AvgIpc) is 2.30. The predicted molar refractivity (Wildman–Crippen MR) is 66.6 cm³/mol. The molecule has 2 aromatic carbocycles. The average molecular weight is 216 g/mol. The number of ketones is 1. The number of aromatic hydroxyl groups is 1. The number of hydrogen-bond acceptors (Lipinski definition) is 2. The summed E-state index contributed by atoms with van der Waals surface area (Å²) in [5.41, 5.74) is 0. The normalized spacial score (nSPS) is 9.38. The molecule has 16 heavy (non-hydrogen) atoms. The lowest BCUT2D eigenvalue weighted by Gasteiger charge is -1.97. The zero-order valence-corrected chi connectivity index (χ0v) is 9.60. The van der Waals surface area contributed by atoms with Crippen LogP contribution in [0.25, 0.3) is 10.8 Å². The van der Waals surface area contributed by atoms with Crippen LogP contribution in [0.15, 0.2) is 42.5 Å². The highest BCUT2D eigenvalue weighted by atomic mass is 16.3. The van der Waals surface area contributed by atoms with Gasteiger partial charge in [-0.15, -0.1) is 0 Å². The molecule has 84 valence electrons. The SMILES string of the molecule is CCC(C)=O.Oc1cccc2ccccc12. The van der Waals surface area contributed by atoms with Gasteiger partial charge in [-0.05, 0) is 18.4 Å². The molecule has 0 saturated heterocycles. The molecule has 0 unspecified atom stereocenters. The summed E-state index contributed by atoms with van der Waals surface area (Å²) in [6, 6.07) is 13.3. The van der Waals surface area contributed by atoms with Crippen LogP contribution in [0.4, 0.5) is 0 Å². The fraction of sp³-hybridized carbons (Fsp3) is 0.214. The van der Waals surface area contributed by atoms with Crippen molar-refractivity contribution in [3.63, 3.8) is 0 Å². The van der Waals surface area contributed by atoms with Gasteiger partial charge in [0.15, 0.2) is 0 Å². The van der Waals surface area contributed by atoms with E-state index in [0.717, 1.165) is 10.8 Å². The van der Waals surface area contributed by atoms with E-state index in [4.69, 9.17) is 0 Å². The van der Waals surface area contributed by atoms with E-state index in [9.17, 15) is 9.90 Å². The topological polar surface area (TPSA) is 37.3 Å². The minimum Gasteiger partial charge on any atom is -0.507 e. The molecule has 0 fully saturated rings. The minimum atomic E-state index is 0.255. The Morgan fingerprint density at radius 1 is 1.12 bits per heavy atom. The zero-order valence-electron chi connectivity index (χ0n) is 9.60. The summed E-state index contributed by atoms with van der Waals surface area (Å²) in [7, 11) is 0. The molecule has 2 heteroatoms. The summed E-state index contributed by atoms with van der Waals surface area (Å²) in [5.74, 6) is 0.605. The van der Waals surface area contributed by atoms with Crippen molar-refractivity contribution in [2.45, 2.75) is 20.3 Å². The summed E-state index contributed by atoms with van der Waals surface area (Å²) in [4.78, 5) is 9.81. The molecule has 2 rings (SSSR count). The maximum atomic E-state index is 9.81. The fourth-order valence-corrected chi connectivity index (χ4v) is 1.21. The van der Waals surface area contributed by atoms with Crippen LogP contribution < -0.4 is 0 Å². The first-order chi connectivity index (χ1) is 7.65. The van der Waals surface area contributed by atoms with Crippen molar-refractivity contribution in [2.24, 2.45) is 0 Å². The van der Waals surface area contributed by atoms with E-state index < -0.39 is 0 Å². The van der Waals surface area contributed by atoms with E-state index in [0.29, 0.717) is 12.2 Å². The van der Waals surface area contributed by atoms with Crippen molar-refractivity contribution in [3.05, 3.63) is 42.5 Å². The van der Waals surface area contributed by atoms with Crippen LogP contribution in [0.1, 0.15) is 20.3 Å². The smallest absolute Gasteiger partial charge is 0.129 e. The van der Waals surface area contributed by atoms with Gasteiger partial charge in [0.25, 0.3) is 0 Å². The third kappa shape index (κ3) is 3.39. The summed E-state index contributed by atoms with van der Waals surface area (Å²) in [6.07, 6.45) is 0.667. The lowest BCUT2D eigenvalue weighted by Crippen LogP contribution is -1.80. The Balaban J connectivity index is 0.000000221. The minimum absolute atomic E-state index is 0.255. The molecule has 0 aromatic heterocycles. The molecule has 0 aliphatic heterocycles. The van der Waals surface area contributed by atoms with Gasteiger partial charge in [-0.3, -0.25) is 0 Å². The van der Waals surface area contributed by atoms with Gasteiger partial charge in [0.05, 0.1) is 0 Å². The van der Waals surface area contributed by atoms with Crippen LogP contribution in [0.5, 0.6) is 5.75 Å². The van der Waals surface area contributed by atoms with Crippen molar-refractivity contribution in [2.75, 3.05) is 0 Å². The lowest BCUT2D eigenvalue weighted by atomic mass is 10.1. The Kier molecular flexibility index (Phi) is 4.52. The molecule has 0 radical (unpaired) electrons. The largest absolute Gasteiger partial charge is 0.507 e. The Morgan fingerprint density at radius 3 is 2.25 bits per heavy atom. The number of hydrogen-bond donors (Lipinski definition) is 1. The van der Waals surface area contributed by atoms with E-state index in [-0.39, 0.29) is 5.78 Å². The van der Waals surface area contributed by atoms with Crippen molar-refractivity contribution in [1.82, 2.24) is 0 Å². The molecule has 0 saturated carbocycles. The van der Waals surface area contributed by atoms with Gasteiger partial charge in [0.1, 0.15) is 11.5 Å². The van der Waals surface area contributed by atoms with E-state index in [1.54, 1.807) is 13.0 Å². The molecule has 0 aliphatic carbocycles. The van der Waals surface area contributed by atoms with Crippen molar-refractivity contribution in [3.8, 4) is 5.75 Å². The molecular weight excluding hydrogens is 200 g/mol. The second kappa shape index (κ2) is 5.91. The van der Waals surface area contributed by atoms with E-state index in [2.05, 4.69) is 0 Å². The summed E-state index contributed by atoms with van der Waals surface area (Å²) >= 11 is 0. The van der Waals surface area contributed by atoms with E-state index >= 15 is 0 Å².